The summed E-state index contributed by atoms with van der Waals surface area (Å²) >= 11 is 0. The van der Waals surface area contributed by atoms with Crippen molar-refractivity contribution in [3.05, 3.63) is 109 Å². The van der Waals surface area contributed by atoms with E-state index in [-0.39, 0.29) is 37.5 Å². The lowest BCUT2D eigenvalue weighted by Gasteiger charge is -2.18. The number of esters is 3. The van der Waals surface area contributed by atoms with E-state index in [2.05, 4.69) is 81.5 Å². The van der Waals surface area contributed by atoms with Crippen LogP contribution in [0.4, 0.5) is 0 Å². The second-order valence-corrected chi connectivity index (χ2v) is 16.8. The van der Waals surface area contributed by atoms with Gasteiger partial charge in [0, 0.05) is 19.3 Å². The molecule has 0 fully saturated rings. The fraction of sp³-hybridized carbons (Fsp3) is 0.638. The molecule has 0 bridgehead atoms. The molecule has 6 nitrogen and oxygen atoms in total. The maximum Gasteiger partial charge on any atom is 0.306 e. The molecule has 0 N–H and O–H groups in total. The third-order valence-electron chi connectivity index (χ3n) is 10.6. The Morgan fingerprint density at radius 3 is 1.14 bits per heavy atom. The van der Waals surface area contributed by atoms with Crippen molar-refractivity contribution in [2.45, 2.75) is 226 Å². The van der Waals surface area contributed by atoms with Gasteiger partial charge < -0.3 is 14.2 Å². The van der Waals surface area contributed by atoms with Crippen LogP contribution in [0.3, 0.4) is 0 Å². The van der Waals surface area contributed by atoms with Gasteiger partial charge >= 0.3 is 17.9 Å². The molecule has 1 atom stereocenters. The topological polar surface area (TPSA) is 78.9 Å². The minimum Gasteiger partial charge on any atom is -0.462 e. The van der Waals surface area contributed by atoms with E-state index in [1.54, 1.807) is 0 Å². The van der Waals surface area contributed by atoms with Gasteiger partial charge in [-0.1, -0.05) is 214 Å². The zero-order chi connectivity index (χ0) is 46.5. The first-order chi connectivity index (χ1) is 31.5. The second-order valence-electron chi connectivity index (χ2n) is 16.8. The van der Waals surface area contributed by atoms with Gasteiger partial charge in [-0.2, -0.15) is 0 Å². The third kappa shape index (κ3) is 49.1. The first-order valence-corrected chi connectivity index (χ1v) is 26.0. The van der Waals surface area contributed by atoms with Crippen molar-refractivity contribution in [1.82, 2.24) is 0 Å². The molecule has 0 aromatic heterocycles. The molecule has 362 valence electrons. The van der Waals surface area contributed by atoms with E-state index >= 15 is 0 Å². The molecule has 0 heterocycles. The summed E-state index contributed by atoms with van der Waals surface area (Å²) in [4.78, 5) is 38.0. The van der Waals surface area contributed by atoms with E-state index in [1.807, 2.05) is 48.6 Å². The summed E-state index contributed by atoms with van der Waals surface area (Å²) in [6, 6.07) is 0. The minimum absolute atomic E-state index is 0.104. The van der Waals surface area contributed by atoms with E-state index < -0.39 is 6.10 Å². The predicted octanol–water partition coefficient (Wildman–Crippen LogP) is 17.1. The van der Waals surface area contributed by atoms with Gasteiger partial charge in [0.15, 0.2) is 6.10 Å². The molecular weight excluding hydrogens is 793 g/mol. The summed E-state index contributed by atoms with van der Waals surface area (Å²) in [5, 5.41) is 0. The first-order valence-electron chi connectivity index (χ1n) is 26.0. The van der Waals surface area contributed by atoms with Gasteiger partial charge in [-0.05, 0) is 96.3 Å². The number of hydrogen-bond acceptors (Lipinski definition) is 6. The van der Waals surface area contributed by atoms with Crippen LogP contribution in [0.1, 0.15) is 220 Å². The van der Waals surface area contributed by atoms with Gasteiger partial charge in [-0.25, -0.2) is 0 Å². The largest absolute Gasteiger partial charge is 0.462 e. The summed E-state index contributed by atoms with van der Waals surface area (Å²) in [6.45, 7) is 6.30. The van der Waals surface area contributed by atoms with Crippen LogP contribution < -0.4 is 0 Å². The Kier molecular flexibility index (Phi) is 48.5. The molecule has 0 aromatic rings. The molecule has 0 aromatic carbocycles. The summed E-state index contributed by atoms with van der Waals surface area (Å²) < 4.78 is 16.8. The van der Waals surface area contributed by atoms with E-state index in [0.717, 1.165) is 96.3 Å². The molecule has 0 saturated carbocycles. The van der Waals surface area contributed by atoms with Crippen molar-refractivity contribution >= 4 is 17.9 Å². The average Bonchev–Trinajstić information content (AvgIpc) is 3.29. The van der Waals surface area contributed by atoms with Gasteiger partial charge in [0.1, 0.15) is 13.2 Å². The monoisotopic (exact) mass is 887 g/mol. The van der Waals surface area contributed by atoms with Crippen LogP contribution in [-0.4, -0.2) is 37.2 Å². The van der Waals surface area contributed by atoms with E-state index in [4.69, 9.17) is 14.2 Å². The van der Waals surface area contributed by atoms with Gasteiger partial charge in [0.2, 0.25) is 0 Å². The smallest absolute Gasteiger partial charge is 0.306 e. The van der Waals surface area contributed by atoms with Crippen LogP contribution in [0.15, 0.2) is 109 Å². The van der Waals surface area contributed by atoms with E-state index in [0.29, 0.717) is 19.3 Å². The highest BCUT2D eigenvalue weighted by atomic mass is 16.6. The Morgan fingerprint density at radius 1 is 0.344 bits per heavy atom. The summed E-state index contributed by atoms with van der Waals surface area (Å²) in [6.07, 6.45) is 69.2. The maximum absolute atomic E-state index is 12.8. The number of carbonyl (C=O) groups excluding carboxylic acids is 3. The molecule has 0 aliphatic heterocycles. The van der Waals surface area contributed by atoms with Gasteiger partial charge in [-0.3, -0.25) is 14.4 Å². The molecule has 6 heteroatoms. The molecule has 0 spiro atoms. The van der Waals surface area contributed by atoms with Crippen molar-refractivity contribution in [3.8, 4) is 0 Å². The van der Waals surface area contributed by atoms with Crippen LogP contribution in [0.25, 0.3) is 0 Å². The normalized spacial score (nSPS) is 13.0. The quantitative estimate of drug-likeness (QED) is 0.0199. The summed E-state index contributed by atoms with van der Waals surface area (Å²) in [5.74, 6) is -0.967. The number of hydrogen-bond donors (Lipinski definition) is 0. The highest BCUT2D eigenvalue weighted by Gasteiger charge is 2.19. The van der Waals surface area contributed by atoms with Crippen LogP contribution in [0.5, 0.6) is 0 Å². The minimum atomic E-state index is -0.808. The van der Waals surface area contributed by atoms with Crippen LogP contribution in [0.2, 0.25) is 0 Å². The Bertz CT molecular complexity index is 1340. The number of unbranched alkanes of at least 4 members (excludes halogenated alkanes) is 20. The molecule has 0 saturated heterocycles. The lowest BCUT2D eigenvalue weighted by atomic mass is 10.1. The number of allylic oxidation sites excluding steroid dienone is 18. The van der Waals surface area contributed by atoms with Gasteiger partial charge in [0.25, 0.3) is 0 Å². The average molecular weight is 887 g/mol. The van der Waals surface area contributed by atoms with Gasteiger partial charge in [0.05, 0.1) is 0 Å². The Balaban J connectivity index is 4.49. The van der Waals surface area contributed by atoms with Crippen molar-refractivity contribution in [1.29, 1.82) is 0 Å². The zero-order valence-electron chi connectivity index (χ0n) is 41.3. The summed E-state index contributed by atoms with van der Waals surface area (Å²) in [5.41, 5.74) is 0. The predicted molar refractivity (Wildman–Crippen MR) is 274 cm³/mol. The Hall–Kier alpha value is -3.93. The SMILES string of the molecule is CC\C=C/C=C\C=C/C=C\C=C/CCCCCC(=O)OC(COC(=O)CCCCCCCCC/C=C\C/C=C\CC)COC(=O)CCCCCCCCC/C=C\C/C=C\CCCCC. The fourth-order valence-electron chi connectivity index (χ4n) is 6.77. The van der Waals surface area contributed by atoms with E-state index in [9.17, 15) is 14.4 Å². The molecule has 0 rings (SSSR count). The molecular formula is C58H94O6. The fourth-order valence-corrected chi connectivity index (χ4v) is 6.77. The van der Waals surface area contributed by atoms with Crippen molar-refractivity contribution < 1.29 is 28.6 Å². The first kappa shape index (κ1) is 60.1. The third-order valence-corrected chi connectivity index (χ3v) is 10.6. The summed E-state index contributed by atoms with van der Waals surface area (Å²) in [7, 11) is 0. The molecule has 0 radical (unpaired) electrons. The zero-order valence-corrected chi connectivity index (χ0v) is 41.3. The Morgan fingerprint density at radius 2 is 0.688 bits per heavy atom. The molecule has 0 aliphatic carbocycles. The lowest BCUT2D eigenvalue weighted by Crippen LogP contribution is -2.30. The molecule has 1 unspecified atom stereocenters. The Labute approximate surface area is 393 Å². The lowest BCUT2D eigenvalue weighted by molar-refractivity contribution is -0.167. The maximum atomic E-state index is 12.8. The number of rotatable bonds is 45. The van der Waals surface area contributed by atoms with Crippen LogP contribution >= 0.6 is 0 Å². The van der Waals surface area contributed by atoms with Crippen molar-refractivity contribution in [2.75, 3.05) is 13.2 Å². The van der Waals surface area contributed by atoms with Gasteiger partial charge in [-0.15, -0.1) is 0 Å². The number of carbonyl (C=O) groups is 3. The van der Waals surface area contributed by atoms with Crippen LogP contribution in [0, 0.1) is 0 Å². The number of ether oxygens (including phenoxy) is 3. The standard InChI is InChI=1S/C58H94O6/c1-4-7-10-13-16-19-22-25-28-29-31-33-36-39-42-45-48-51-57(60)63-54-55(53-62-56(59)50-47-44-41-38-35-32-27-24-21-18-15-12-9-6-3)64-58(61)52-49-46-43-40-37-34-30-26-23-20-17-14-11-8-5-2/h8-9,11-12,14,16-21,23,25-26,28,30,34,37,55H,4-7,10,13,15,22,24,27,29,31-33,35-36,38-54H2,1-3H3/b11-8-,12-9-,17-14-,19-16-,21-18-,23-20-,28-25-,30-26-,37-34-. The van der Waals surface area contributed by atoms with Crippen molar-refractivity contribution in [3.63, 3.8) is 0 Å². The molecule has 0 amide bonds. The van der Waals surface area contributed by atoms with Crippen LogP contribution in [-0.2, 0) is 28.6 Å². The molecule has 0 aliphatic rings. The second kappa shape index (κ2) is 51.7. The van der Waals surface area contributed by atoms with Crippen molar-refractivity contribution in [2.24, 2.45) is 0 Å². The van der Waals surface area contributed by atoms with E-state index in [1.165, 1.54) is 77.0 Å². The highest BCUT2D eigenvalue weighted by Crippen LogP contribution is 2.14. The highest BCUT2D eigenvalue weighted by molar-refractivity contribution is 5.71. The molecule has 64 heavy (non-hydrogen) atoms.